The Bertz CT molecular complexity index is 304. The minimum atomic E-state index is -1.47. The second kappa shape index (κ2) is 2.41. The lowest BCUT2D eigenvalue weighted by molar-refractivity contribution is -0.121. The molecule has 0 aromatic carbocycles. The zero-order chi connectivity index (χ0) is 10.3. The SMILES string of the molecule is CC1(C(Cl)(Cl)Cl)[C@H]2O[C@@H]2C(=O)[C@H]2O[C@@H]21. The summed E-state index contributed by atoms with van der Waals surface area (Å²) in [7, 11) is 0. The number of carbonyl (C=O) groups excluding carboxylic acids is 1. The molecule has 14 heavy (non-hydrogen) atoms. The fraction of sp³-hybridized carbons (Fsp3) is 0.875. The van der Waals surface area contributed by atoms with Crippen LogP contribution in [0.4, 0.5) is 0 Å². The molecule has 0 radical (unpaired) electrons. The second-order valence-electron chi connectivity index (χ2n) is 4.14. The van der Waals surface area contributed by atoms with Crippen molar-refractivity contribution in [3.8, 4) is 0 Å². The molecule has 0 spiro atoms. The summed E-state index contributed by atoms with van der Waals surface area (Å²) in [5.74, 6) is -0.00766. The van der Waals surface area contributed by atoms with Crippen molar-refractivity contribution in [1.29, 1.82) is 0 Å². The first kappa shape index (κ1) is 9.67. The van der Waals surface area contributed by atoms with Crippen molar-refractivity contribution in [3.63, 3.8) is 0 Å². The van der Waals surface area contributed by atoms with Crippen LogP contribution in [0.2, 0.25) is 0 Å². The van der Waals surface area contributed by atoms with Gasteiger partial charge in [0, 0.05) is 0 Å². The number of halogens is 3. The zero-order valence-corrected chi connectivity index (χ0v) is 9.44. The van der Waals surface area contributed by atoms with E-state index in [1.165, 1.54) is 0 Å². The normalized spacial score (nSPS) is 55.0. The van der Waals surface area contributed by atoms with Gasteiger partial charge in [0.15, 0.2) is 5.78 Å². The summed E-state index contributed by atoms with van der Waals surface area (Å²) in [6.07, 6.45) is -1.43. The van der Waals surface area contributed by atoms with Gasteiger partial charge in [0.05, 0.1) is 5.41 Å². The van der Waals surface area contributed by atoms with Gasteiger partial charge in [-0.1, -0.05) is 41.7 Å². The van der Waals surface area contributed by atoms with E-state index < -0.39 is 21.4 Å². The molecule has 3 rings (SSSR count). The maximum absolute atomic E-state index is 11.4. The molecule has 1 saturated carbocycles. The molecule has 0 aromatic heterocycles. The fourth-order valence-electron chi connectivity index (χ4n) is 2.22. The summed E-state index contributed by atoms with van der Waals surface area (Å²) in [4.78, 5) is 11.4. The summed E-state index contributed by atoms with van der Waals surface area (Å²) in [5.41, 5.74) is -0.707. The first-order valence-electron chi connectivity index (χ1n) is 4.29. The summed E-state index contributed by atoms with van der Waals surface area (Å²) < 4.78 is 9.03. The van der Waals surface area contributed by atoms with Crippen LogP contribution in [0.5, 0.6) is 0 Å². The number of carbonyl (C=O) groups is 1. The molecule has 3 aliphatic rings. The van der Waals surface area contributed by atoms with Gasteiger partial charge in [-0.05, 0) is 0 Å². The molecule has 4 atom stereocenters. The molecule has 6 heteroatoms. The monoisotopic (exact) mass is 256 g/mol. The Morgan fingerprint density at radius 2 is 1.64 bits per heavy atom. The van der Waals surface area contributed by atoms with Crippen molar-refractivity contribution in [2.45, 2.75) is 35.1 Å². The van der Waals surface area contributed by atoms with E-state index in [2.05, 4.69) is 0 Å². The Balaban J connectivity index is 1.99. The van der Waals surface area contributed by atoms with E-state index in [1.807, 2.05) is 0 Å². The van der Waals surface area contributed by atoms with Gasteiger partial charge in [0.1, 0.15) is 24.4 Å². The summed E-state index contributed by atoms with van der Waals surface area (Å²) in [6, 6.07) is 0. The molecule has 78 valence electrons. The molecule has 0 unspecified atom stereocenters. The third-order valence-electron chi connectivity index (χ3n) is 3.34. The number of ketones is 1. The number of epoxide rings is 2. The minimum absolute atomic E-state index is 0.00766. The smallest absolute Gasteiger partial charge is 0.201 e. The molecule has 0 aromatic rings. The Kier molecular flexibility index (Phi) is 1.66. The summed E-state index contributed by atoms with van der Waals surface area (Å²) in [6.45, 7) is 1.79. The highest BCUT2D eigenvalue weighted by atomic mass is 35.6. The molecule has 3 fully saturated rings. The molecule has 0 amide bonds. The largest absolute Gasteiger partial charge is 0.360 e. The highest BCUT2D eigenvalue weighted by molar-refractivity contribution is 6.68. The molecule has 0 bridgehead atoms. The van der Waals surface area contributed by atoms with Gasteiger partial charge in [0.25, 0.3) is 0 Å². The number of Topliss-reactive ketones (excluding diaryl/α,β-unsaturated/α-hetero) is 1. The predicted octanol–water partition coefficient (Wildman–Crippen LogP) is 1.48. The first-order valence-corrected chi connectivity index (χ1v) is 5.42. The number of alkyl halides is 3. The number of hydrogen-bond donors (Lipinski definition) is 0. The van der Waals surface area contributed by atoms with Crippen LogP contribution in [0.15, 0.2) is 0 Å². The van der Waals surface area contributed by atoms with E-state index in [0.717, 1.165) is 0 Å². The molecule has 2 saturated heterocycles. The number of rotatable bonds is 0. The van der Waals surface area contributed by atoms with Gasteiger partial charge in [-0.15, -0.1) is 0 Å². The van der Waals surface area contributed by atoms with Crippen molar-refractivity contribution in [2.24, 2.45) is 5.41 Å². The van der Waals surface area contributed by atoms with Crippen LogP contribution in [-0.2, 0) is 14.3 Å². The molecule has 0 N–H and O–H groups in total. The van der Waals surface area contributed by atoms with Gasteiger partial charge in [0.2, 0.25) is 3.79 Å². The third kappa shape index (κ3) is 0.952. The van der Waals surface area contributed by atoms with Crippen molar-refractivity contribution < 1.29 is 14.3 Å². The van der Waals surface area contributed by atoms with E-state index in [4.69, 9.17) is 44.3 Å². The topological polar surface area (TPSA) is 42.1 Å². The maximum atomic E-state index is 11.4. The molecular formula is C8H7Cl3O3. The van der Waals surface area contributed by atoms with Crippen LogP contribution in [0.1, 0.15) is 6.92 Å². The van der Waals surface area contributed by atoms with Crippen molar-refractivity contribution in [3.05, 3.63) is 0 Å². The fourth-order valence-corrected chi connectivity index (χ4v) is 2.86. The number of ether oxygens (including phenoxy) is 2. The van der Waals surface area contributed by atoms with Crippen molar-refractivity contribution in [2.75, 3.05) is 0 Å². The van der Waals surface area contributed by atoms with E-state index in [1.54, 1.807) is 6.92 Å². The average molecular weight is 258 g/mol. The van der Waals surface area contributed by atoms with Gasteiger partial charge in [-0.2, -0.15) is 0 Å². The van der Waals surface area contributed by atoms with Gasteiger partial charge in [-0.3, -0.25) is 4.79 Å². The molecule has 2 aliphatic heterocycles. The Morgan fingerprint density at radius 1 is 1.21 bits per heavy atom. The lowest BCUT2D eigenvalue weighted by Crippen LogP contribution is -2.49. The van der Waals surface area contributed by atoms with Crippen molar-refractivity contribution in [1.82, 2.24) is 0 Å². The molecular weight excluding hydrogens is 250 g/mol. The van der Waals surface area contributed by atoms with E-state index in [9.17, 15) is 4.79 Å². The predicted molar refractivity (Wildman–Crippen MR) is 50.7 cm³/mol. The Hall–Kier alpha value is 0.460. The maximum Gasteiger partial charge on any atom is 0.201 e. The van der Waals surface area contributed by atoms with Crippen molar-refractivity contribution >= 4 is 40.6 Å². The van der Waals surface area contributed by atoms with Gasteiger partial charge < -0.3 is 9.47 Å². The number of fused-ring (bicyclic) bond motifs is 2. The first-order chi connectivity index (χ1) is 6.37. The van der Waals surface area contributed by atoms with E-state index in [0.29, 0.717) is 0 Å². The van der Waals surface area contributed by atoms with Gasteiger partial charge >= 0.3 is 0 Å². The summed E-state index contributed by atoms with van der Waals surface area (Å²) in [5, 5.41) is 0. The molecule has 3 nitrogen and oxygen atoms in total. The molecule has 1 aliphatic carbocycles. The molecule has 2 heterocycles. The van der Waals surface area contributed by atoms with E-state index in [-0.39, 0.29) is 18.0 Å². The van der Waals surface area contributed by atoms with Crippen LogP contribution in [-0.4, -0.2) is 34.0 Å². The number of hydrogen-bond acceptors (Lipinski definition) is 3. The Labute approximate surface area is 95.6 Å². The lowest BCUT2D eigenvalue weighted by atomic mass is 9.76. The second-order valence-corrected chi connectivity index (χ2v) is 6.42. The Morgan fingerprint density at radius 3 is 2.00 bits per heavy atom. The van der Waals surface area contributed by atoms with E-state index >= 15 is 0 Å². The highest BCUT2D eigenvalue weighted by Gasteiger charge is 2.78. The third-order valence-corrected chi connectivity index (χ3v) is 4.56. The van der Waals surface area contributed by atoms with Crippen LogP contribution < -0.4 is 0 Å². The summed E-state index contributed by atoms with van der Waals surface area (Å²) >= 11 is 17.7. The highest BCUT2D eigenvalue weighted by Crippen LogP contribution is 2.64. The van der Waals surface area contributed by atoms with Crippen LogP contribution in [0, 0.1) is 5.41 Å². The van der Waals surface area contributed by atoms with Crippen LogP contribution in [0.3, 0.4) is 0 Å². The zero-order valence-electron chi connectivity index (χ0n) is 7.17. The quantitative estimate of drug-likeness (QED) is 0.488. The standard InChI is InChI=1S/C8H7Cl3O3/c1-7(8(9,10)11)5-3(13-5)2(12)4-6(7)14-4/h3-6H,1H3/t3-,4-,5+,6+/m1/s1. The lowest BCUT2D eigenvalue weighted by Gasteiger charge is -2.34. The minimum Gasteiger partial charge on any atom is -0.360 e. The van der Waals surface area contributed by atoms with Crippen LogP contribution in [0.25, 0.3) is 0 Å². The van der Waals surface area contributed by atoms with Crippen LogP contribution >= 0.6 is 34.8 Å². The average Bonchev–Trinajstić information content (AvgIpc) is 2.90. The van der Waals surface area contributed by atoms with Gasteiger partial charge in [-0.25, -0.2) is 0 Å².